The third kappa shape index (κ3) is 5.58. The molecule has 4 N–H and O–H groups in total. The van der Waals surface area contributed by atoms with E-state index in [9.17, 15) is 10.2 Å². The van der Waals surface area contributed by atoms with Gasteiger partial charge in [0.15, 0.2) is 0 Å². The molecule has 0 spiro atoms. The molecule has 4 saturated carbocycles. The first-order valence-electron chi connectivity index (χ1n) is 13.5. The van der Waals surface area contributed by atoms with Gasteiger partial charge in [-0.1, -0.05) is 19.0 Å². The first kappa shape index (κ1) is 28.9. The van der Waals surface area contributed by atoms with Crippen LogP contribution in [0.2, 0.25) is 0 Å². The smallest absolute Gasteiger partial charge is 0.414 e. The highest BCUT2D eigenvalue weighted by Gasteiger charge is 2.66. The van der Waals surface area contributed by atoms with Gasteiger partial charge in [0.25, 0.3) is 0 Å². The summed E-state index contributed by atoms with van der Waals surface area (Å²) in [6.45, 7) is 6.45. The van der Waals surface area contributed by atoms with Gasteiger partial charge in [-0.15, -0.1) is 0 Å². The lowest BCUT2D eigenvalue weighted by Crippen LogP contribution is -2.62. The van der Waals surface area contributed by atoms with Crippen LogP contribution in [0.3, 0.4) is 0 Å². The highest BCUT2D eigenvalue weighted by molar-refractivity contribution is 6.27. The van der Waals surface area contributed by atoms with Crippen LogP contribution in [-0.4, -0.2) is 82.4 Å². The van der Waals surface area contributed by atoms with Crippen molar-refractivity contribution in [2.75, 3.05) is 27.2 Å². The zero-order valence-electron chi connectivity index (χ0n) is 22.4. The largest absolute Gasteiger partial charge is 0.473 e. The van der Waals surface area contributed by atoms with Crippen molar-refractivity contribution < 1.29 is 34.9 Å². The minimum absolute atomic E-state index is 0.0952. The second-order valence-corrected chi connectivity index (χ2v) is 12.3. The van der Waals surface area contributed by atoms with Crippen molar-refractivity contribution >= 4 is 18.2 Å². The molecule has 0 radical (unpaired) electrons. The van der Waals surface area contributed by atoms with Crippen molar-refractivity contribution in [1.82, 2.24) is 4.90 Å². The lowest BCUT2D eigenvalue weighted by Gasteiger charge is -2.63. The molecule has 0 saturated heterocycles. The van der Waals surface area contributed by atoms with Crippen LogP contribution in [0.1, 0.15) is 78.1 Å². The molecule has 4 fully saturated rings. The van der Waals surface area contributed by atoms with E-state index in [0.717, 1.165) is 57.9 Å². The predicted molar refractivity (Wildman–Crippen MR) is 136 cm³/mol. The van der Waals surface area contributed by atoms with Gasteiger partial charge in [0.2, 0.25) is 0 Å². The normalized spacial score (nSPS) is 41.6. The van der Waals surface area contributed by atoms with Crippen molar-refractivity contribution in [2.24, 2.45) is 39.7 Å². The van der Waals surface area contributed by atoms with E-state index in [1.165, 1.54) is 12.8 Å². The zero-order valence-corrected chi connectivity index (χ0v) is 22.4. The molecular weight excluding hydrogens is 464 g/mol. The SMILES string of the molecule is CN(C)CCCO/N=C/[C@H]1CC[C@]2(O)[C@@H]3CC[C@@H]4C[C@@H](O)CC[C@]4(C)[C@H]3CC[C@]12C.O=C(O)C(=O)O. The van der Waals surface area contributed by atoms with E-state index in [1.54, 1.807) is 0 Å². The molecule has 8 atom stereocenters. The molecular formula is C27H46N2O7. The van der Waals surface area contributed by atoms with Crippen molar-refractivity contribution in [3.05, 3.63) is 0 Å². The third-order valence-corrected chi connectivity index (χ3v) is 10.2. The number of carbonyl (C=O) groups is 2. The number of carboxylic acid groups (broad SMARTS) is 2. The Bertz CT molecular complexity index is 808. The summed E-state index contributed by atoms with van der Waals surface area (Å²) in [4.78, 5) is 25.9. The van der Waals surface area contributed by atoms with Gasteiger partial charge in [-0.2, -0.15) is 0 Å². The molecule has 4 rings (SSSR count). The molecule has 4 aliphatic rings. The van der Waals surface area contributed by atoms with Crippen LogP contribution in [0, 0.1) is 34.5 Å². The molecule has 4 aliphatic carbocycles. The minimum atomic E-state index is -1.82. The number of aliphatic hydroxyl groups excluding tert-OH is 1. The molecule has 9 nitrogen and oxygen atoms in total. The average Bonchev–Trinajstić information content (AvgIpc) is 3.07. The van der Waals surface area contributed by atoms with E-state index >= 15 is 0 Å². The molecule has 0 unspecified atom stereocenters. The fourth-order valence-corrected chi connectivity index (χ4v) is 8.10. The highest BCUT2D eigenvalue weighted by atomic mass is 16.6. The summed E-state index contributed by atoms with van der Waals surface area (Å²) >= 11 is 0. The summed E-state index contributed by atoms with van der Waals surface area (Å²) in [6, 6.07) is 0. The fourth-order valence-electron chi connectivity index (χ4n) is 8.10. The number of hydrogen-bond donors (Lipinski definition) is 4. The third-order valence-electron chi connectivity index (χ3n) is 10.2. The van der Waals surface area contributed by atoms with Gasteiger partial charge < -0.3 is 30.2 Å². The zero-order chi connectivity index (χ0) is 26.7. The van der Waals surface area contributed by atoms with Crippen LogP contribution in [0.25, 0.3) is 0 Å². The quantitative estimate of drug-likeness (QED) is 0.185. The van der Waals surface area contributed by atoms with Gasteiger partial charge >= 0.3 is 11.9 Å². The van der Waals surface area contributed by atoms with Gasteiger partial charge in [-0.05, 0) is 101 Å². The van der Waals surface area contributed by atoms with Crippen molar-refractivity contribution in [3.63, 3.8) is 0 Å². The molecule has 9 heteroatoms. The van der Waals surface area contributed by atoms with E-state index in [0.29, 0.717) is 35.7 Å². The second-order valence-electron chi connectivity index (χ2n) is 12.3. The number of aliphatic hydroxyl groups is 2. The van der Waals surface area contributed by atoms with Crippen LogP contribution < -0.4 is 0 Å². The van der Waals surface area contributed by atoms with Gasteiger partial charge in [0.05, 0.1) is 11.7 Å². The van der Waals surface area contributed by atoms with Gasteiger partial charge in [-0.25, -0.2) is 9.59 Å². The van der Waals surface area contributed by atoms with Gasteiger partial charge in [0, 0.05) is 24.1 Å². The maximum absolute atomic E-state index is 12.1. The Hall–Kier alpha value is -1.71. The molecule has 0 bridgehead atoms. The van der Waals surface area contributed by atoms with Crippen LogP contribution >= 0.6 is 0 Å². The summed E-state index contributed by atoms with van der Waals surface area (Å²) in [5.41, 5.74) is -0.384. The van der Waals surface area contributed by atoms with Crippen molar-refractivity contribution in [1.29, 1.82) is 0 Å². The topological polar surface area (TPSA) is 140 Å². The van der Waals surface area contributed by atoms with Crippen LogP contribution in [-0.2, 0) is 14.4 Å². The van der Waals surface area contributed by atoms with Gasteiger partial charge in [-0.3, -0.25) is 0 Å². The van der Waals surface area contributed by atoms with Crippen LogP contribution in [0.5, 0.6) is 0 Å². The Morgan fingerprint density at radius 2 is 1.69 bits per heavy atom. The lowest BCUT2D eigenvalue weighted by molar-refractivity contribution is -0.206. The van der Waals surface area contributed by atoms with Crippen molar-refractivity contribution in [3.8, 4) is 0 Å². The first-order valence-corrected chi connectivity index (χ1v) is 13.5. The Morgan fingerprint density at radius 1 is 1.00 bits per heavy atom. The maximum atomic E-state index is 12.1. The molecule has 0 aromatic rings. The van der Waals surface area contributed by atoms with E-state index in [2.05, 4.69) is 38.0 Å². The number of aliphatic carboxylic acids is 2. The average molecular weight is 511 g/mol. The Balaban J connectivity index is 0.000000538. The molecule has 0 aromatic carbocycles. The first-order chi connectivity index (χ1) is 16.8. The number of hydrogen-bond acceptors (Lipinski definition) is 7. The highest BCUT2D eigenvalue weighted by Crippen LogP contribution is 2.68. The summed E-state index contributed by atoms with van der Waals surface area (Å²) < 4.78 is 0. The van der Waals surface area contributed by atoms with Crippen LogP contribution in [0.15, 0.2) is 5.16 Å². The molecule has 0 aliphatic heterocycles. The molecule has 0 amide bonds. The predicted octanol–water partition coefficient (Wildman–Crippen LogP) is 3.23. The Morgan fingerprint density at radius 3 is 2.33 bits per heavy atom. The Kier molecular flexibility index (Phi) is 9.10. The molecule has 36 heavy (non-hydrogen) atoms. The summed E-state index contributed by atoms with van der Waals surface area (Å²) in [5.74, 6) is -1.72. The molecule has 0 heterocycles. The van der Waals surface area contributed by atoms with E-state index in [4.69, 9.17) is 24.6 Å². The molecule has 206 valence electrons. The van der Waals surface area contributed by atoms with E-state index in [-0.39, 0.29) is 11.5 Å². The number of fused-ring (bicyclic) bond motifs is 5. The summed E-state index contributed by atoms with van der Waals surface area (Å²) in [6.07, 6.45) is 12.4. The number of oxime groups is 1. The minimum Gasteiger partial charge on any atom is -0.473 e. The number of rotatable bonds is 6. The standard InChI is InChI=1S/C25H44N2O3.C2H2O4/c1-23-11-9-20(28)16-18(23)6-7-22-21(23)10-12-24(2)19(8-13-25(22,24)29)17-26-30-15-5-14-27(3)4;3-1(4)2(5)6/h17-22,28-29H,5-16H2,1-4H3;(H,3,4)(H,5,6)/b26-17+;/t18-,19-,20+,21+,22-,23+,24-,25+;/m1./s1. The monoisotopic (exact) mass is 510 g/mol. The molecule has 0 aromatic heterocycles. The Labute approximate surface area is 214 Å². The summed E-state index contributed by atoms with van der Waals surface area (Å²) in [7, 11) is 4.15. The lowest BCUT2D eigenvalue weighted by atomic mass is 9.43. The summed E-state index contributed by atoms with van der Waals surface area (Å²) in [5, 5.41) is 41.5. The van der Waals surface area contributed by atoms with E-state index in [1.807, 2.05) is 6.21 Å². The number of nitrogens with zero attached hydrogens (tertiary/aromatic N) is 2. The second kappa shape index (κ2) is 11.4. The van der Waals surface area contributed by atoms with Crippen LogP contribution in [0.4, 0.5) is 0 Å². The van der Waals surface area contributed by atoms with Gasteiger partial charge in [0.1, 0.15) is 6.61 Å². The van der Waals surface area contributed by atoms with E-state index < -0.39 is 17.5 Å². The maximum Gasteiger partial charge on any atom is 0.414 e. The fraction of sp³-hybridized carbons (Fsp3) is 0.889. The van der Waals surface area contributed by atoms with Crippen molar-refractivity contribution in [2.45, 2.75) is 89.8 Å². The number of carboxylic acids is 2.